The van der Waals surface area contributed by atoms with Crippen LogP contribution in [0.15, 0.2) is 17.6 Å². The summed E-state index contributed by atoms with van der Waals surface area (Å²) in [6, 6.07) is 0. The van der Waals surface area contributed by atoms with Crippen LogP contribution >= 0.6 is 0 Å². The smallest absolute Gasteiger partial charge is 0.257 e. The van der Waals surface area contributed by atoms with Crippen LogP contribution in [-0.2, 0) is 0 Å². The maximum atomic E-state index is 11.2. The molecule has 0 aliphatic carbocycles. The first kappa shape index (κ1) is 9.31. The molecule has 1 aromatic heterocycles. The van der Waals surface area contributed by atoms with E-state index >= 15 is 0 Å². The average molecular weight is 180 g/mol. The van der Waals surface area contributed by atoms with Gasteiger partial charge in [0.1, 0.15) is 5.82 Å². The van der Waals surface area contributed by atoms with Crippen LogP contribution in [0.4, 0.5) is 11.8 Å². The molecule has 0 amide bonds. The molecule has 0 unspecified atom stereocenters. The van der Waals surface area contributed by atoms with Crippen molar-refractivity contribution in [1.82, 2.24) is 9.97 Å². The summed E-state index contributed by atoms with van der Waals surface area (Å²) in [6.45, 7) is 5.25. The van der Waals surface area contributed by atoms with Crippen LogP contribution in [0, 0.1) is 6.92 Å². The minimum Gasteiger partial charge on any atom is -0.369 e. The molecule has 1 rings (SSSR count). The molecular weight excluding hydrogens is 168 g/mol. The highest BCUT2D eigenvalue weighted by molar-refractivity contribution is 5.49. The third-order valence-corrected chi connectivity index (χ3v) is 1.75. The Morgan fingerprint density at radius 3 is 2.85 bits per heavy atom. The lowest BCUT2D eigenvalue weighted by Crippen LogP contribution is -2.20. The number of nitrogens with one attached hydrogen (secondary N) is 1. The van der Waals surface area contributed by atoms with Crippen molar-refractivity contribution in [2.45, 2.75) is 6.92 Å². The van der Waals surface area contributed by atoms with E-state index in [-0.39, 0.29) is 11.5 Å². The van der Waals surface area contributed by atoms with Crippen LogP contribution in [0.25, 0.3) is 0 Å². The van der Waals surface area contributed by atoms with Gasteiger partial charge in [-0.3, -0.25) is 9.78 Å². The van der Waals surface area contributed by atoms with Crippen LogP contribution in [-0.4, -0.2) is 17.0 Å². The fourth-order valence-corrected chi connectivity index (χ4v) is 0.967. The molecule has 0 spiro atoms. The summed E-state index contributed by atoms with van der Waals surface area (Å²) in [5.41, 5.74) is 5.69. The quantitative estimate of drug-likeness (QED) is 0.683. The van der Waals surface area contributed by atoms with Crippen molar-refractivity contribution < 1.29 is 0 Å². The predicted octanol–water partition coefficient (Wildman–Crippen LogP) is 0.240. The van der Waals surface area contributed by atoms with E-state index in [0.29, 0.717) is 11.4 Å². The minimum absolute atomic E-state index is 0.110. The number of aromatic nitrogens is 2. The van der Waals surface area contributed by atoms with Crippen LogP contribution in [0.1, 0.15) is 5.56 Å². The molecule has 0 fully saturated rings. The second-order valence-corrected chi connectivity index (χ2v) is 2.69. The second kappa shape index (κ2) is 3.30. The number of H-pyrrole nitrogens is 1. The molecule has 70 valence electrons. The van der Waals surface area contributed by atoms with Gasteiger partial charge in [0.05, 0.1) is 5.56 Å². The Hall–Kier alpha value is -1.78. The summed E-state index contributed by atoms with van der Waals surface area (Å²) >= 11 is 0. The molecule has 5 heteroatoms. The maximum absolute atomic E-state index is 11.2. The number of rotatable bonds is 2. The van der Waals surface area contributed by atoms with E-state index in [0.717, 1.165) is 0 Å². The largest absolute Gasteiger partial charge is 0.369 e. The zero-order valence-corrected chi connectivity index (χ0v) is 7.66. The molecule has 0 saturated carbocycles. The number of nitrogen functional groups attached to an aromatic ring is 1. The van der Waals surface area contributed by atoms with E-state index in [9.17, 15) is 4.79 Å². The molecule has 1 heterocycles. The van der Waals surface area contributed by atoms with Crippen molar-refractivity contribution in [1.29, 1.82) is 0 Å². The number of hydrogen-bond donors (Lipinski definition) is 2. The zero-order chi connectivity index (χ0) is 10.0. The summed E-state index contributed by atoms with van der Waals surface area (Å²) in [6.07, 6.45) is 1.56. The minimum atomic E-state index is -0.226. The van der Waals surface area contributed by atoms with E-state index in [4.69, 9.17) is 5.73 Å². The van der Waals surface area contributed by atoms with Gasteiger partial charge in [-0.05, 0) is 13.1 Å². The lowest BCUT2D eigenvalue weighted by molar-refractivity contribution is 1.03. The molecule has 0 aliphatic heterocycles. The van der Waals surface area contributed by atoms with Crippen molar-refractivity contribution in [2.24, 2.45) is 0 Å². The SMILES string of the molecule is C=CN(C)c1nc(N)[nH]c(=O)c1C. The Labute approximate surface area is 75.9 Å². The molecule has 1 aromatic rings. The normalized spacial score (nSPS) is 9.69. The fourth-order valence-electron chi connectivity index (χ4n) is 0.967. The number of anilines is 2. The van der Waals surface area contributed by atoms with Gasteiger partial charge in [0, 0.05) is 7.05 Å². The van der Waals surface area contributed by atoms with Gasteiger partial charge in [-0.2, -0.15) is 4.98 Å². The monoisotopic (exact) mass is 180 g/mol. The fraction of sp³-hybridized carbons (Fsp3) is 0.250. The third kappa shape index (κ3) is 1.69. The van der Waals surface area contributed by atoms with Crippen molar-refractivity contribution in [3.8, 4) is 0 Å². The summed E-state index contributed by atoms with van der Waals surface area (Å²) in [4.78, 5) is 19.3. The first-order valence-corrected chi connectivity index (χ1v) is 3.78. The molecule has 0 atom stereocenters. The first-order chi connectivity index (χ1) is 6.06. The maximum Gasteiger partial charge on any atom is 0.257 e. The summed E-state index contributed by atoms with van der Waals surface area (Å²) in [5, 5.41) is 0. The zero-order valence-electron chi connectivity index (χ0n) is 7.66. The molecule has 0 bridgehead atoms. The van der Waals surface area contributed by atoms with E-state index in [1.54, 1.807) is 25.1 Å². The molecule has 0 aromatic carbocycles. The predicted molar refractivity (Wildman–Crippen MR) is 52.6 cm³/mol. The number of aromatic amines is 1. The van der Waals surface area contributed by atoms with Crippen molar-refractivity contribution in [2.75, 3.05) is 17.7 Å². The lowest BCUT2D eigenvalue weighted by atomic mass is 10.3. The second-order valence-electron chi connectivity index (χ2n) is 2.69. The van der Waals surface area contributed by atoms with Crippen LogP contribution in [0.5, 0.6) is 0 Å². The third-order valence-electron chi connectivity index (χ3n) is 1.75. The molecule has 0 aliphatic rings. The highest BCUT2D eigenvalue weighted by Gasteiger charge is 2.07. The summed E-state index contributed by atoms with van der Waals surface area (Å²) < 4.78 is 0. The van der Waals surface area contributed by atoms with Gasteiger partial charge >= 0.3 is 0 Å². The Kier molecular flexibility index (Phi) is 2.36. The van der Waals surface area contributed by atoms with Gasteiger partial charge in [0.15, 0.2) is 0 Å². The van der Waals surface area contributed by atoms with Crippen LogP contribution in [0.3, 0.4) is 0 Å². The average Bonchev–Trinajstić information content (AvgIpc) is 2.10. The number of hydrogen-bond acceptors (Lipinski definition) is 4. The topological polar surface area (TPSA) is 75.0 Å². The number of nitrogens with two attached hydrogens (primary N) is 1. The van der Waals surface area contributed by atoms with Gasteiger partial charge in [0.25, 0.3) is 5.56 Å². The van der Waals surface area contributed by atoms with Crippen molar-refractivity contribution >= 4 is 11.8 Å². The highest BCUT2D eigenvalue weighted by atomic mass is 16.1. The molecular formula is C8H12N4O. The van der Waals surface area contributed by atoms with Gasteiger partial charge in [-0.15, -0.1) is 0 Å². The van der Waals surface area contributed by atoms with Gasteiger partial charge in [-0.25, -0.2) is 0 Å². The Balaban J connectivity index is 3.36. The van der Waals surface area contributed by atoms with Gasteiger partial charge < -0.3 is 10.6 Å². The van der Waals surface area contributed by atoms with Crippen LogP contribution in [0.2, 0.25) is 0 Å². The Bertz CT molecular complexity index is 382. The first-order valence-electron chi connectivity index (χ1n) is 3.78. The van der Waals surface area contributed by atoms with E-state index in [2.05, 4.69) is 16.5 Å². The van der Waals surface area contributed by atoms with Crippen LogP contribution < -0.4 is 16.2 Å². The van der Waals surface area contributed by atoms with E-state index < -0.39 is 0 Å². The summed E-state index contributed by atoms with van der Waals surface area (Å²) in [7, 11) is 1.75. The van der Waals surface area contributed by atoms with E-state index in [1.165, 1.54) is 0 Å². The van der Waals surface area contributed by atoms with E-state index in [1.807, 2.05) is 0 Å². The standard InChI is InChI=1S/C8H12N4O/c1-4-12(3)6-5(2)7(13)11-8(9)10-6/h4H,1H2,2-3H3,(H3,9,10,11,13). The number of nitrogens with zero attached hydrogens (tertiary/aromatic N) is 2. The summed E-state index contributed by atoms with van der Waals surface area (Å²) in [5.74, 6) is 0.635. The molecule has 13 heavy (non-hydrogen) atoms. The van der Waals surface area contributed by atoms with Gasteiger partial charge in [-0.1, -0.05) is 6.58 Å². The lowest BCUT2D eigenvalue weighted by Gasteiger charge is -2.14. The van der Waals surface area contributed by atoms with Crippen molar-refractivity contribution in [3.63, 3.8) is 0 Å². The highest BCUT2D eigenvalue weighted by Crippen LogP contribution is 2.11. The Morgan fingerprint density at radius 2 is 2.31 bits per heavy atom. The van der Waals surface area contributed by atoms with Crippen molar-refractivity contribution in [3.05, 3.63) is 28.7 Å². The molecule has 5 nitrogen and oxygen atoms in total. The van der Waals surface area contributed by atoms with Gasteiger partial charge in [0.2, 0.25) is 5.95 Å². The molecule has 3 N–H and O–H groups in total. The molecule has 0 radical (unpaired) electrons. The molecule has 0 saturated heterocycles. The Morgan fingerprint density at radius 1 is 1.69 bits per heavy atom.